The highest BCUT2D eigenvalue weighted by Gasteiger charge is 2.38. The van der Waals surface area contributed by atoms with E-state index in [4.69, 9.17) is 5.11 Å². The van der Waals surface area contributed by atoms with Crippen molar-refractivity contribution in [3.05, 3.63) is 53.9 Å². The Labute approximate surface area is 117 Å². The van der Waals surface area contributed by atoms with Crippen LogP contribution in [0.1, 0.15) is 17.5 Å². The third kappa shape index (κ3) is 3.59. The van der Waals surface area contributed by atoms with Gasteiger partial charge in [0.2, 0.25) is 0 Å². The molecule has 0 saturated carbocycles. The largest absolute Gasteiger partial charge is 0.416 e. The van der Waals surface area contributed by atoms with E-state index < -0.39 is 30.7 Å². The number of aliphatic hydroxyl groups excluding tert-OH is 2. The predicted molar refractivity (Wildman–Crippen MR) is 64.8 cm³/mol. The van der Waals surface area contributed by atoms with Crippen molar-refractivity contribution in [1.82, 2.24) is 9.55 Å². The Kier molecular flexibility index (Phi) is 4.29. The lowest BCUT2D eigenvalue weighted by Crippen LogP contribution is -2.33. The third-order valence-corrected chi connectivity index (χ3v) is 2.93. The molecule has 1 heterocycles. The minimum absolute atomic E-state index is 0.0649. The van der Waals surface area contributed by atoms with Gasteiger partial charge in [0, 0.05) is 12.4 Å². The Morgan fingerprint density at radius 3 is 2.33 bits per heavy atom. The van der Waals surface area contributed by atoms with E-state index in [0.717, 1.165) is 16.7 Å². The fourth-order valence-corrected chi connectivity index (χ4v) is 1.81. The zero-order valence-electron chi connectivity index (χ0n) is 10.6. The monoisotopic (exact) mass is 304 g/mol. The summed E-state index contributed by atoms with van der Waals surface area (Å²) in [6.07, 6.45) is -6.21. The summed E-state index contributed by atoms with van der Waals surface area (Å²) >= 11 is 0. The van der Waals surface area contributed by atoms with Crippen molar-refractivity contribution in [2.75, 3.05) is 0 Å². The topological polar surface area (TPSA) is 58.3 Å². The number of aliphatic hydroxyl groups is 2. The third-order valence-electron chi connectivity index (χ3n) is 2.93. The molecule has 4 nitrogen and oxygen atoms in total. The summed E-state index contributed by atoms with van der Waals surface area (Å²) < 4.78 is 50.9. The number of rotatable bonds is 4. The fourth-order valence-electron chi connectivity index (χ4n) is 1.81. The molecule has 1 aromatic heterocycles. The summed E-state index contributed by atoms with van der Waals surface area (Å²) in [5.74, 6) is -0.563. The lowest BCUT2D eigenvalue weighted by Gasteiger charge is -2.18. The minimum atomic E-state index is -4.76. The van der Waals surface area contributed by atoms with Crippen molar-refractivity contribution in [2.45, 2.75) is 24.9 Å². The average molecular weight is 304 g/mol. The molecule has 8 heteroatoms. The zero-order chi connectivity index (χ0) is 15.6. The summed E-state index contributed by atoms with van der Waals surface area (Å²) in [5.41, 5.74) is 0.283. The SMILES string of the molecule is OC(c1ccc(F)cc1)c1nccn1CC(O)C(F)(F)F. The van der Waals surface area contributed by atoms with Crippen LogP contribution in [0.15, 0.2) is 36.7 Å². The molecule has 0 bridgehead atoms. The normalized spacial score (nSPS) is 15.0. The van der Waals surface area contributed by atoms with Crippen LogP contribution in [0.4, 0.5) is 17.6 Å². The van der Waals surface area contributed by atoms with Crippen molar-refractivity contribution < 1.29 is 27.8 Å². The lowest BCUT2D eigenvalue weighted by molar-refractivity contribution is -0.207. The van der Waals surface area contributed by atoms with E-state index in [1.807, 2.05) is 0 Å². The molecule has 2 unspecified atom stereocenters. The van der Waals surface area contributed by atoms with Gasteiger partial charge >= 0.3 is 6.18 Å². The van der Waals surface area contributed by atoms with E-state index >= 15 is 0 Å². The van der Waals surface area contributed by atoms with Crippen molar-refractivity contribution >= 4 is 0 Å². The number of benzene rings is 1. The second-order valence-corrected chi connectivity index (χ2v) is 4.45. The molecule has 2 atom stereocenters. The molecule has 2 N–H and O–H groups in total. The highest BCUT2D eigenvalue weighted by molar-refractivity contribution is 5.23. The number of hydrogen-bond donors (Lipinski definition) is 2. The van der Waals surface area contributed by atoms with Gasteiger partial charge in [-0.2, -0.15) is 13.2 Å². The van der Waals surface area contributed by atoms with Crippen molar-refractivity contribution in [2.24, 2.45) is 0 Å². The lowest BCUT2D eigenvalue weighted by atomic mass is 10.1. The molecular weight excluding hydrogens is 292 g/mol. The van der Waals surface area contributed by atoms with Crippen molar-refractivity contribution in [3.63, 3.8) is 0 Å². The predicted octanol–water partition coefficient (Wildman–Crippen LogP) is 2.03. The van der Waals surface area contributed by atoms with Gasteiger partial charge in [-0.05, 0) is 17.7 Å². The van der Waals surface area contributed by atoms with E-state index in [0.29, 0.717) is 0 Å². The summed E-state index contributed by atoms with van der Waals surface area (Å²) in [6.45, 7) is -0.781. The maximum absolute atomic E-state index is 12.8. The fraction of sp³-hybridized carbons (Fsp3) is 0.308. The van der Waals surface area contributed by atoms with Gasteiger partial charge in [-0.3, -0.25) is 0 Å². The molecule has 0 aliphatic carbocycles. The van der Waals surface area contributed by atoms with Crippen LogP contribution in [0.25, 0.3) is 0 Å². The number of nitrogens with zero attached hydrogens (tertiary/aromatic N) is 2. The first-order valence-corrected chi connectivity index (χ1v) is 5.98. The molecule has 0 saturated heterocycles. The number of halogens is 4. The number of imidazole rings is 1. The van der Waals surface area contributed by atoms with Crippen LogP contribution in [0.5, 0.6) is 0 Å². The first kappa shape index (κ1) is 15.5. The average Bonchev–Trinajstić information content (AvgIpc) is 2.86. The smallest absolute Gasteiger partial charge is 0.382 e. The Hall–Kier alpha value is -1.93. The molecule has 0 aliphatic heterocycles. The summed E-state index contributed by atoms with van der Waals surface area (Å²) in [7, 11) is 0. The molecule has 0 fully saturated rings. The van der Waals surface area contributed by atoms with Crippen LogP contribution in [0, 0.1) is 5.82 Å². The van der Waals surface area contributed by atoms with Gasteiger partial charge in [0.15, 0.2) is 6.10 Å². The molecule has 0 amide bonds. The van der Waals surface area contributed by atoms with E-state index in [1.165, 1.54) is 24.5 Å². The van der Waals surface area contributed by atoms with Crippen LogP contribution in [0.2, 0.25) is 0 Å². The molecule has 0 radical (unpaired) electrons. The molecule has 1 aromatic carbocycles. The Morgan fingerprint density at radius 2 is 1.76 bits per heavy atom. The highest BCUT2D eigenvalue weighted by Crippen LogP contribution is 2.24. The van der Waals surface area contributed by atoms with Crippen molar-refractivity contribution in [1.29, 1.82) is 0 Å². The van der Waals surface area contributed by atoms with Crippen LogP contribution in [-0.4, -0.2) is 32.0 Å². The number of aromatic nitrogens is 2. The summed E-state index contributed by atoms with van der Waals surface area (Å²) in [4.78, 5) is 3.79. The first-order chi connectivity index (χ1) is 9.79. The van der Waals surface area contributed by atoms with Crippen LogP contribution >= 0.6 is 0 Å². The number of alkyl halides is 3. The Bertz CT molecular complexity index is 595. The molecule has 2 aromatic rings. The standard InChI is InChI=1S/C13H12F4N2O2/c14-9-3-1-8(2-4-9)11(21)12-18-5-6-19(12)7-10(20)13(15,16)17/h1-6,10-11,20-21H,7H2. The molecule has 0 aliphatic rings. The highest BCUT2D eigenvalue weighted by atomic mass is 19.4. The summed E-state index contributed by atoms with van der Waals surface area (Å²) in [5, 5.41) is 19.2. The summed E-state index contributed by atoms with van der Waals surface area (Å²) in [6, 6.07) is 4.85. The minimum Gasteiger partial charge on any atom is -0.382 e. The van der Waals surface area contributed by atoms with E-state index in [1.54, 1.807) is 0 Å². The molecule has 21 heavy (non-hydrogen) atoms. The van der Waals surface area contributed by atoms with Gasteiger partial charge in [-0.1, -0.05) is 12.1 Å². The van der Waals surface area contributed by atoms with Gasteiger partial charge in [-0.15, -0.1) is 0 Å². The first-order valence-electron chi connectivity index (χ1n) is 5.98. The maximum Gasteiger partial charge on any atom is 0.416 e. The Morgan fingerprint density at radius 1 is 1.14 bits per heavy atom. The molecule has 114 valence electrons. The second kappa shape index (κ2) is 5.82. The maximum atomic E-state index is 12.8. The zero-order valence-corrected chi connectivity index (χ0v) is 10.6. The quantitative estimate of drug-likeness (QED) is 0.850. The van der Waals surface area contributed by atoms with Crippen LogP contribution < -0.4 is 0 Å². The second-order valence-electron chi connectivity index (χ2n) is 4.45. The van der Waals surface area contributed by atoms with Gasteiger partial charge < -0.3 is 14.8 Å². The van der Waals surface area contributed by atoms with Crippen LogP contribution in [-0.2, 0) is 6.54 Å². The van der Waals surface area contributed by atoms with Gasteiger partial charge in [0.05, 0.1) is 6.54 Å². The van der Waals surface area contributed by atoms with E-state index in [-0.39, 0.29) is 11.4 Å². The van der Waals surface area contributed by atoms with E-state index in [2.05, 4.69) is 4.98 Å². The molecule has 2 rings (SSSR count). The number of hydrogen-bond acceptors (Lipinski definition) is 3. The molecule has 0 spiro atoms. The van der Waals surface area contributed by atoms with Gasteiger partial charge in [0.1, 0.15) is 17.7 Å². The van der Waals surface area contributed by atoms with Gasteiger partial charge in [-0.25, -0.2) is 9.37 Å². The molecular formula is C13H12F4N2O2. The Balaban J connectivity index is 2.21. The van der Waals surface area contributed by atoms with Gasteiger partial charge in [0.25, 0.3) is 0 Å². The van der Waals surface area contributed by atoms with E-state index in [9.17, 15) is 22.7 Å². The van der Waals surface area contributed by atoms with Crippen LogP contribution in [0.3, 0.4) is 0 Å². The van der Waals surface area contributed by atoms with Crippen molar-refractivity contribution in [3.8, 4) is 0 Å².